The van der Waals surface area contributed by atoms with E-state index in [1.807, 2.05) is 37.3 Å². The van der Waals surface area contributed by atoms with Crippen LogP contribution in [0.3, 0.4) is 0 Å². The molecule has 2 aromatic rings. The van der Waals surface area contributed by atoms with Gasteiger partial charge in [-0.05, 0) is 23.3 Å². The molecule has 1 atom stereocenters. The van der Waals surface area contributed by atoms with Gasteiger partial charge in [0.1, 0.15) is 6.54 Å². The molecule has 0 saturated carbocycles. The predicted molar refractivity (Wildman–Crippen MR) is 64.8 cm³/mol. The zero-order valence-electron chi connectivity index (χ0n) is 10.1. The molecule has 1 aliphatic rings. The molecule has 0 amide bonds. The van der Waals surface area contributed by atoms with Crippen molar-refractivity contribution in [2.45, 2.75) is 19.5 Å². The highest BCUT2D eigenvalue weighted by atomic mass is 16.3. The van der Waals surface area contributed by atoms with Crippen LogP contribution in [0.1, 0.15) is 18.3 Å². The van der Waals surface area contributed by atoms with Crippen molar-refractivity contribution in [3.8, 4) is 0 Å². The van der Waals surface area contributed by atoms with Crippen molar-refractivity contribution >= 4 is 5.76 Å². The summed E-state index contributed by atoms with van der Waals surface area (Å²) in [5, 5.41) is 16.2. The Morgan fingerprint density at radius 1 is 1.39 bits per heavy atom. The predicted octanol–water partition coefficient (Wildman–Crippen LogP) is -0.134. The maximum atomic E-state index is 12.0. The lowest BCUT2D eigenvalue weighted by Crippen LogP contribution is -2.45. The molecular formula is C13H14N4O. The molecule has 18 heavy (non-hydrogen) atoms. The van der Waals surface area contributed by atoms with Crippen molar-refractivity contribution in [1.29, 1.82) is 0 Å². The van der Waals surface area contributed by atoms with Gasteiger partial charge in [-0.25, -0.2) is 5.43 Å². The molecule has 3 rings (SSSR count). The molecule has 1 unspecified atom stereocenters. The zero-order valence-corrected chi connectivity index (χ0v) is 10.1. The van der Waals surface area contributed by atoms with E-state index in [-0.39, 0.29) is 11.8 Å². The van der Waals surface area contributed by atoms with Crippen molar-refractivity contribution in [2.75, 3.05) is 5.43 Å². The van der Waals surface area contributed by atoms with Gasteiger partial charge in [0.25, 0.3) is 0 Å². The topological polar surface area (TPSA) is 56.8 Å². The molecule has 1 N–H and O–H groups in total. The smallest absolute Gasteiger partial charge is 0.319 e. The fraction of sp³-hybridized carbons (Fsp3) is 0.231. The van der Waals surface area contributed by atoms with E-state index in [4.69, 9.17) is 0 Å². The number of aromatic nitrogens is 3. The monoisotopic (exact) mass is 242 g/mol. The number of hydrogen-bond acceptors (Lipinski definition) is 3. The summed E-state index contributed by atoms with van der Waals surface area (Å²) < 4.78 is 3.41. The van der Waals surface area contributed by atoms with Crippen molar-refractivity contribution in [3.05, 3.63) is 54.1 Å². The normalized spacial score (nSPS) is 17.8. The minimum absolute atomic E-state index is 0.00896. The van der Waals surface area contributed by atoms with Gasteiger partial charge in [0.2, 0.25) is 6.33 Å². The average Bonchev–Trinajstić information content (AvgIpc) is 2.73. The van der Waals surface area contributed by atoms with Crippen LogP contribution in [0.15, 0.2) is 42.7 Å². The molecule has 1 aromatic heterocycles. The van der Waals surface area contributed by atoms with Gasteiger partial charge in [-0.1, -0.05) is 36.4 Å². The number of fused-ring (bicyclic) bond motifs is 1. The quantitative estimate of drug-likeness (QED) is 0.746. The first-order chi connectivity index (χ1) is 8.74. The molecule has 0 bridgehead atoms. The maximum absolute atomic E-state index is 12.0. The minimum Gasteiger partial charge on any atom is -0.867 e. The van der Waals surface area contributed by atoms with E-state index in [0.717, 1.165) is 5.56 Å². The summed E-state index contributed by atoms with van der Waals surface area (Å²) in [5.41, 5.74) is 4.27. The molecular weight excluding hydrogens is 228 g/mol. The van der Waals surface area contributed by atoms with Crippen LogP contribution in [0, 0.1) is 0 Å². The van der Waals surface area contributed by atoms with Crippen LogP contribution in [0.5, 0.6) is 0 Å². The van der Waals surface area contributed by atoms with Crippen LogP contribution >= 0.6 is 0 Å². The summed E-state index contributed by atoms with van der Waals surface area (Å²) >= 11 is 0. The van der Waals surface area contributed by atoms with Gasteiger partial charge in [-0.2, -0.15) is 0 Å². The van der Waals surface area contributed by atoms with Crippen LogP contribution in [0.4, 0.5) is 0 Å². The van der Waals surface area contributed by atoms with Crippen molar-refractivity contribution < 1.29 is 9.79 Å². The second-order valence-electron chi connectivity index (χ2n) is 4.42. The van der Waals surface area contributed by atoms with Gasteiger partial charge in [0.05, 0.1) is 6.04 Å². The van der Waals surface area contributed by atoms with Crippen LogP contribution < -0.4 is 15.2 Å². The number of hydrogen-bond donors (Lipinski definition) is 1. The largest absolute Gasteiger partial charge is 0.867 e. The second kappa shape index (κ2) is 4.18. The van der Waals surface area contributed by atoms with Crippen molar-refractivity contribution in [2.24, 2.45) is 0 Å². The van der Waals surface area contributed by atoms with E-state index in [9.17, 15) is 5.11 Å². The van der Waals surface area contributed by atoms with Crippen LogP contribution in [-0.2, 0) is 6.54 Å². The van der Waals surface area contributed by atoms with Crippen molar-refractivity contribution in [1.82, 2.24) is 9.77 Å². The first-order valence-electron chi connectivity index (χ1n) is 5.91. The lowest BCUT2D eigenvalue weighted by atomic mass is 10.2. The molecule has 0 saturated heterocycles. The molecule has 2 heterocycles. The lowest BCUT2D eigenvalue weighted by molar-refractivity contribution is -0.748. The molecule has 1 aliphatic heterocycles. The minimum atomic E-state index is 0.00896. The molecule has 5 heteroatoms. The third-order valence-corrected chi connectivity index (χ3v) is 2.92. The molecule has 92 valence electrons. The van der Waals surface area contributed by atoms with Crippen LogP contribution in [-0.4, -0.2) is 15.8 Å². The molecule has 0 aliphatic carbocycles. The first-order valence-corrected chi connectivity index (χ1v) is 5.91. The molecule has 1 aromatic carbocycles. The Hall–Kier alpha value is -2.30. The Bertz CT molecular complexity index is 588. The first kappa shape index (κ1) is 10.8. The summed E-state index contributed by atoms with van der Waals surface area (Å²) in [5.74, 6) is 0.576. The summed E-state index contributed by atoms with van der Waals surface area (Å²) in [7, 11) is 0. The molecule has 0 radical (unpaired) electrons. The Morgan fingerprint density at radius 2 is 2.17 bits per heavy atom. The average molecular weight is 242 g/mol. The lowest BCUT2D eigenvalue weighted by Gasteiger charge is -2.19. The highest BCUT2D eigenvalue weighted by molar-refractivity contribution is 5.51. The molecule has 0 spiro atoms. The summed E-state index contributed by atoms with van der Waals surface area (Å²) in [6, 6.07) is 10.0. The standard InChI is InChI=1S/C13H14N4O/c1-10-7-12(18)13-16(14-9-17(13)15-10)8-11-5-3-2-4-6-11/h2-7,9-10,15H,8H2,1H3. The van der Waals surface area contributed by atoms with E-state index in [1.54, 1.807) is 21.8 Å². The third kappa shape index (κ3) is 1.84. The SMILES string of the molecule is CC1C=C([O-])c2n(cn[n+]2Cc2ccccc2)N1. The number of benzene rings is 1. The van der Waals surface area contributed by atoms with E-state index in [1.165, 1.54) is 0 Å². The highest BCUT2D eigenvalue weighted by Crippen LogP contribution is 2.10. The Morgan fingerprint density at radius 3 is 2.94 bits per heavy atom. The Kier molecular flexibility index (Phi) is 2.51. The van der Waals surface area contributed by atoms with Crippen molar-refractivity contribution in [3.63, 3.8) is 0 Å². The van der Waals surface area contributed by atoms with Gasteiger partial charge < -0.3 is 5.11 Å². The summed E-state index contributed by atoms with van der Waals surface area (Å²) in [6.45, 7) is 2.53. The number of rotatable bonds is 2. The van der Waals surface area contributed by atoms with Gasteiger partial charge in [0, 0.05) is 0 Å². The van der Waals surface area contributed by atoms with E-state index < -0.39 is 0 Å². The van der Waals surface area contributed by atoms with Gasteiger partial charge in [-0.15, -0.1) is 9.36 Å². The van der Waals surface area contributed by atoms with E-state index in [2.05, 4.69) is 10.5 Å². The highest BCUT2D eigenvalue weighted by Gasteiger charge is 2.23. The van der Waals surface area contributed by atoms with Gasteiger partial charge in [-0.3, -0.25) is 0 Å². The number of nitrogens with one attached hydrogen (secondary N) is 1. The van der Waals surface area contributed by atoms with E-state index in [0.29, 0.717) is 12.4 Å². The fourth-order valence-corrected chi connectivity index (χ4v) is 2.12. The summed E-state index contributed by atoms with van der Waals surface area (Å²) in [6.07, 6.45) is 3.30. The van der Waals surface area contributed by atoms with Gasteiger partial charge in [0.15, 0.2) is 0 Å². The third-order valence-electron chi connectivity index (χ3n) is 2.92. The van der Waals surface area contributed by atoms with Crippen LogP contribution in [0.2, 0.25) is 0 Å². The maximum Gasteiger partial charge on any atom is 0.319 e. The van der Waals surface area contributed by atoms with Gasteiger partial charge >= 0.3 is 5.82 Å². The van der Waals surface area contributed by atoms with Crippen LogP contribution in [0.25, 0.3) is 5.76 Å². The molecule has 5 nitrogen and oxygen atoms in total. The Labute approximate surface area is 105 Å². The van der Waals surface area contributed by atoms with E-state index >= 15 is 0 Å². The zero-order chi connectivity index (χ0) is 12.5. The summed E-state index contributed by atoms with van der Waals surface area (Å²) in [4.78, 5) is 0. The second-order valence-corrected chi connectivity index (χ2v) is 4.42. The number of nitrogens with zero attached hydrogens (tertiary/aromatic N) is 3. The molecule has 0 fully saturated rings. The Balaban J connectivity index is 1.95. The fourth-order valence-electron chi connectivity index (χ4n) is 2.12.